The summed E-state index contributed by atoms with van der Waals surface area (Å²) in [6, 6.07) is 8.20. The minimum Gasteiger partial charge on any atom is -0.330 e. The Kier molecular flexibility index (Phi) is 6.58. The zero-order valence-electron chi connectivity index (χ0n) is 12.8. The number of carbonyl (C=O) groups excluding carboxylic acids is 1. The molecular formula is C17H26N2OS. The summed E-state index contributed by atoms with van der Waals surface area (Å²) < 4.78 is 0. The second kappa shape index (κ2) is 8.44. The van der Waals surface area contributed by atoms with Crippen LogP contribution in [0.4, 0.5) is 5.69 Å². The zero-order chi connectivity index (χ0) is 15.1. The van der Waals surface area contributed by atoms with E-state index in [-0.39, 0.29) is 11.8 Å². The molecule has 0 bridgehead atoms. The Bertz CT molecular complexity index is 441. The Hall–Kier alpha value is -1.00. The lowest BCUT2D eigenvalue weighted by atomic mass is 10.0. The second-order valence-corrected chi connectivity index (χ2v) is 7.13. The number of hydrogen-bond donors (Lipinski definition) is 2. The van der Waals surface area contributed by atoms with Gasteiger partial charge in [0, 0.05) is 22.4 Å². The van der Waals surface area contributed by atoms with E-state index in [9.17, 15) is 4.79 Å². The highest BCUT2D eigenvalue weighted by Gasteiger charge is 2.17. The summed E-state index contributed by atoms with van der Waals surface area (Å²) in [5.74, 6) is -0.0434. The molecule has 1 amide bonds. The van der Waals surface area contributed by atoms with Crippen LogP contribution in [0, 0.1) is 5.92 Å². The highest BCUT2D eigenvalue weighted by Crippen LogP contribution is 2.34. The van der Waals surface area contributed by atoms with E-state index in [2.05, 4.69) is 24.4 Å². The van der Waals surface area contributed by atoms with Crippen LogP contribution in [0.2, 0.25) is 0 Å². The van der Waals surface area contributed by atoms with E-state index in [0.717, 1.165) is 23.8 Å². The fourth-order valence-corrected chi connectivity index (χ4v) is 4.01. The van der Waals surface area contributed by atoms with Crippen molar-refractivity contribution in [2.24, 2.45) is 11.7 Å². The molecule has 1 fully saturated rings. The van der Waals surface area contributed by atoms with Gasteiger partial charge in [0.1, 0.15) is 0 Å². The first-order chi connectivity index (χ1) is 10.2. The van der Waals surface area contributed by atoms with Gasteiger partial charge in [0.15, 0.2) is 0 Å². The largest absolute Gasteiger partial charge is 0.330 e. The van der Waals surface area contributed by atoms with Gasteiger partial charge in [-0.25, -0.2) is 0 Å². The predicted molar refractivity (Wildman–Crippen MR) is 90.6 cm³/mol. The SMILES string of the molecule is CCCC(CN)C(=O)Nc1ccc(SC2CCCC2)cc1. The number of nitrogens with two attached hydrogens (primary N) is 1. The molecule has 0 radical (unpaired) electrons. The molecule has 1 aromatic rings. The lowest BCUT2D eigenvalue weighted by Crippen LogP contribution is -2.29. The van der Waals surface area contributed by atoms with Crippen LogP contribution in [-0.4, -0.2) is 17.7 Å². The third-order valence-corrected chi connectivity index (χ3v) is 5.37. The van der Waals surface area contributed by atoms with E-state index < -0.39 is 0 Å². The molecule has 116 valence electrons. The van der Waals surface area contributed by atoms with Crippen molar-refractivity contribution in [3.63, 3.8) is 0 Å². The Balaban J connectivity index is 1.87. The lowest BCUT2D eigenvalue weighted by molar-refractivity contribution is -0.119. The Morgan fingerprint density at radius 3 is 2.57 bits per heavy atom. The van der Waals surface area contributed by atoms with E-state index in [4.69, 9.17) is 5.73 Å². The fourth-order valence-electron chi connectivity index (χ4n) is 2.76. The van der Waals surface area contributed by atoms with Crippen LogP contribution < -0.4 is 11.1 Å². The highest BCUT2D eigenvalue weighted by atomic mass is 32.2. The van der Waals surface area contributed by atoms with Crippen molar-refractivity contribution in [1.82, 2.24) is 0 Å². The van der Waals surface area contributed by atoms with Gasteiger partial charge in [0.2, 0.25) is 5.91 Å². The summed E-state index contributed by atoms with van der Waals surface area (Å²) in [6.45, 7) is 2.49. The van der Waals surface area contributed by atoms with Crippen LogP contribution in [0.25, 0.3) is 0 Å². The van der Waals surface area contributed by atoms with Gasteiger partial charge in [-0.05, 0) is 43.5 Å². The Morgan fingerprint density at radius 1 is 1.33 bits per heavy atom. The molecule has 0 saturated heterocycles. The van der Waals surface area contributed by atoms with Crippen molar-refractivity contribution in [3.05, 3.63) is 24.3 Å². The number of carbonyl (C=O) groups is 1. The maximum Gasteiger partial charge on any atom is 0.228 e. The van der Waals surface area contributed by atoms with Gasteiger partial charge in [-0.1, -0.05) is 26.2 Å². The molecule has 21 heavy (non-hydrogen) atoms. The van der Waals surface area contributed by atoms with Crippen LogP contribution in [0.1, 0.15) is 45.4 Å². The minimum absolute atomic E-state index is 0.0375. The molecule has 3 nitrogen and oxygen atoms in total. The number of anilines is 1. The third-order valence-electron chi connectivity index (χ3n) is 4.02. The molecule has 1 saturated carbocycles. The number of amides is 1. The van der Waals surface area contributed by atoms with Gasteiger partial charge in [0.05, 0.1) is 5.92 Å². The van der Waals surface area contributed by atoms with E-state index >= 15 is 0 Å². The molecule has 0 spiro atoms. The van der Waals surface area contributed by atoms with Gasteiger partial charge in [0.25, 0.3) is 0 Å². The van der Waals surface area contributed by atoms with Gasteiger partial charge in [-0.3, -0.25) is 4.79 Å². The normalized spacial score (nSPS) is 16.9. The van der Waals surface area contributed by atoms with Crippen LogP contribution in [0.5, 0.6) is 0 Å². The molecule has 0 heterocycles. The maximum absolute atomic E-state index is 12.1. The third kappa shape index (κ3) is 5.04. The van der Waals surface area contributed by atoms with E-state index in [1.807, 2.05) is 23.9 Å². The number of rotatable bonds is 7. The number of hydrogen-bond acceptors (Lipinski definition) is 3. The predicted octanol–water partition coefficient (Wildman–Crippen LogP) is 4.03. The number of thioether (sulfide) groups is 1. The molecule has 1 unspecified atom stereocenters. The average Bonchev–Trinajstić information content (AvgIpc) is 2.99. The fraction of sp³-hybridized carbons (Fsp3) is 0.588. The summed E-state index contributed by atoms with van der Waals surface area (Å²) in [5.41, 5.74) is 6.53. The summed E-state index contributed by atoms with van der Waals surface area (Å²) in [5, 5.41) is 3.75. The first kappa shape index (κ1) is 16.4. The standard InChI is InChI=1S/C17H26N2OS/c1-2-5-13(12-18)17(20)19-14-8-10-16(11-9-14)21-15-6-3-4-7-15/h8-11,13,15H,2-7,12,18H2,1H3,(H,19,20). The molecular weight excluding hydrogens is 280 g/mol. The van der Waals surface area contributed by atoms with Crippen molar-refractivity contribution in [3.8, 4) is 0 Å². The monoisotopic (exact) mass is 306 g/mol. The number of nitrogens with one attached hydrogen (secondary N) is 1. The molecule has 0 aromatic heterocycles. The van der Waals surface area contributed by atoms with E-state index in [1.54, 1.807) is 0 Å². The first-order valence-electron chi connectivity index (χ1n) is 8.00. The highest BCUT2D eigenvalue weighted by molar-refractivity contribution is 8.00. The second-order valence-electron chi connectivity index (χ2n) is 5.76. The van der Waals surface area contributed by atoms with Crippen molar-refractivity contribution in [1.29, 1.82) is 0 Å². The molecule has 1 aliphatic rings. The maximum atomic E-state index is 12.1. The van der Waals surface area contributed by atoms with Crippen molar-refractivity contribution >= 4 is 23.4 Å². The Labute approximate surface area is 132 Å². The van der Waals surface area contributed by atoms with Crippen LogP contribution in [0.15, 0.2) is 29.2 Å². The summed E-state index contributed by atoms with van der Waals surface area (Å²) in [6.07, 6.45) is 7.22. The first-order valence-corrected chi connectivity index (χ1v) is 8.88. The van der Waals surface area contributed by atoms with E-state index in [1.165, 1.54) is 30.6 Å². The molecule has 0 aliphatic heterocycles. The lowest BCUT2D eigenvalue weighted by Gasteiger charge is -2.14. The molecule has 1 atom stereocenters. The average molecular weight is 306 g/mol. The topological polar surface area (TPSA) is 55.1 Å². The zero-order valence-corrected chi connectivity index (χ0v) is 13.6. The molecule has 1 aliphatic carbocycles. The van der Waals surface area contributed by atoms with E-state index in [0.29, 0.717) is 6.54 Å². The van der Waals surface area contributed by atoms with Crippen LogP contribution >= 0.6 is 11.8 Å². The van der Waals surface area contributed by atoms with Crippen molar-refractivity contribution in [2.45, 2.75) is 55.6 Å². The van der Waals surface area contributed by atoms with Crippen molar-refractivity contribution < 1.29 is 4.79 Å². The summed E-state index contributed by atoms with van der Waals surface area (Å²) in [7, 11) is 0. The van der Waals surface area contributed by atoms with Crippen molar-refractivity contribution in [2.75, 3.05) is 11.9 Å². The van der Waals surface area contributed by atoms with Gasteiger partial charge >= 0.3 is 0 Å². The van der Waals surface area contributed by atoms with Crippen LogP contribution in [0.3, 0.4) is 0 Å². The smallest absolute Gasteiger partial charge is 0.228 e. The summed E-state index contributed by atoms with van der Waals surface area (Å²) in [4.78, 5) is 13.4. The van der Waals surface area contributed by atoms with Crippen LogP contribution in [-0.2, 0) is 4.79 Å². The minimum atomic E-state index is -0.0810. The van der Waals surface area contributed by atoms with Gasteiger partial charge in [-0.15, -0.1) is 11.8 Å². The van der Waals surface area contributed by atoms with Gasteiger partial charge in [-0.2, -0.15) is 0 Å². The molecule has 1 aromatic carbocycles. The summed E-state index contributed by atoms with van der Waals surface area (Å²) >= 11 is 1.97. The van der Waals surface area contributed by atoms with Gasteiger partial charge < -0.3 is 11.1 Å². The molecule has 4 heteroatoms. The molecule has 3 N–H and O–H groups in total. The number of benzene rings is 1. The molecule has 2 rings (SSSR count). The Morgan fingerprint density at radius 2 is 2.00 bits per heavy atom. The quantitative estimate of drug-likeness (QED) is 0.799.